The van der Waals surface area contributed by atoms with Gasteiger partial charge in [-0.05, 0) is 160 Å². The van der Waals surface area contributed by atoms with Crippen molar-refractivity contribution in [1.29, 1.82) is 0 Å². The molecule has 0 spiro atoms. The van der Waals surface area contributed by atoms with E-state index in [4.69, 9.17) is 20.9 Å². The van der Waals surface area contributed by atoms with E-state index in [0.717, 1.165) is 111 Å². The first-order valence-corrected chi connectivity index (χ1v) is 28.4. The van der Waals surface area contributed by atoms with E-state index >= 15 is 0 Å². The molecule has 3 aliphatic rings. The maximum absolute atomic E-state index is 13.2. The van der Waals surface area contributed by atoms with Crippen molar-refractivity contribution >= 4 is 47.1 Å². The Balaban J connectivity index is 0.000000215. The molecule has 4 aromatic carbocycles. The van der Waals surface area contributed by atoms with Crippen molar-refractivity contribution in [3.63, 3.8) is 0 Å². The molecule has 6 amide bonds. The fraction of sp³-hybridized carbons (Fsp3) is 0.375. The Morgan fingerprint density at radius 3 is 1.38 bits per heavy atom. The lowest BCUT2D eigenvalue weighted by atomic mass is 9.95. The molecule has 82 heavy (non-hydrogen) atoms. The molecule has 2 unspecified atom stereocenters. The number of fused-ring (bicyclic) bond motifs is 2. The van der Waals surface area contributed by atoms with Gasteiger partial charge in [0.2, 0.25) is 11.8 Å². The van der Waals surface area contributed by atoms with Crippen molar-refractivity contribution in [2.24, 2.45) is 11.5 Å². The van der Waals surface area contributed by atoms with Crippen LogP contribution < -0.4 is 42.5 Å². The number of amides is 6. The van der Waals surface area contributed by atoms with Gasteiger partial charge in [-0.25, -0.2) is 9.97 Å². The normalized spacial score (nSPS) is 16.5. The molecule has 2 atom stereocenters. The van der Waals surface area contributed by atoms with E-state index in [1.807, 2.05) is 78.9 Å². The fourth-order valence-electron chi connectivity index (χ4n) is 11.1. The van der Waals surface area contributed by atoms with E-state index in [-0.39, 0.29) is 47.8 Å². The molecule has 0 radical (unpaired) electrons. The summed E-state index contributed by atoms with van der Waals surface area (Å²) in [5, 5.41) is 12.2. The molecule has 430 valence electrons. The van der Waals surface area contributed by atoms with E-state index < -0.39 is 11.8 Å². The Morgan fingerprint density at radius 1 is 0.512 bits per heavy atom. The van der Waals surface area contributed by atoms with Crippen molar-refractivity contribution in [1.82, 2.24) is 31.2 Å². The number of hydrogen-bond donors (Lipinski definition) is 6. The standard InChI is InChI=1S/C33H39N5O4.C31H37N5O4/c1-42-16-6-5-9-23-17-24(10-14-29(23)31(34)39)33(41)37-26-18-27-12-13-28(19-26)38(27)30-15-11-25(21-35-30)32(40)36-20-22-7-3-2-4-8-22;1-40-18-6-5-9-23-19-24(10-12-27(23)29(32)37)31(39)35-26-14-16-36(17-15-26)28-13-11-25(21-33-28)30(38)34-20-22-7-3-2-4-8-22/h2-4,7-8,10-11,14-15,17,21,26-28H,5-6,9,12-13,16,18-20H2,1H3,(H2,34,39)(H,36,40)(H,37,41);2-4,7-8,10-13,19,21,26H,5-6,9,14-18,20H2,1H3,(H2,32,37)(H,34,38)(H,35,39). The number of anilines is 2. The quantitative estimate of drug-likeness (QED) is 0.0323. The molecule has 2 bridgehead atoms. The Hall–Kier alpha value is -8.48. The zero-order valence-electron chi connectivity index (χ0n) is 46.9. The minimum atomic E-state index is -0.490. The monoisotopic (exact) mass is 1110 g/mol. The summed E-state index contributed by atoms with van der Waals surface area (Å²) in [7, 11) is 3.32. The number of aromatic nitrogens is 2. The number of rotatable bonds is 24. The van der Waals surface area contributed by atoms with Crippen LogP contribution in [0.4, 0.5) is 11.6 Å². The zero-order chi connectivity index (χ0) is 57.8. The van der Waals surface area contributed by atoms with Crippen molar-refractivity contribution < 1.29 is 38.2 Å². The minimum Gasteiger partial charge on any atom is -0.385 e. The molecule has 18 nitrogen and oxygen atoms in total. The van der Waals surface area contributed by atoms with Gasteiger partial charge in [0.05, 0.1) is 11.1 Å². The van der Waals surface area contributed by atoms with Gasteiger partial charge < -0.3 is 52.0 Å². The second kappa shape index (κ2) is 29.8. The molecular formula is C64H76N10O8. The summed E-state index contributed by atoms with van der Waals surface area (Å²) < 4.78 is 10.2. The van der Waals surface area contributed by atoms with Crippen molar-refractivity contribution in [2.45, 2.75) is 114 Å². The summed E-state index contributed by atoms with van der Waals surface area (Å²) >= 11 is 0. The van der Waals surface area contributed by atoms with Crippen LogP contribution in [0.2, 0.25) is 0 Å². The number of pyridine rings is 2. The number of nitrogens with zero attached hydrogens (tertiary/aromatic N) is 4. The van der Waals surface area contributed by atoms with Gasteiger partial charge >= 0.3 is 0 Å². The van der Waals surface area contributed by atoms with Crippen molar-refractivity contribution in [2.75, 3.05) is 50.3 Å². The number of nitrogens with one attached hydrogen (secondary N) is 4. The molecule has 2 aromatic heterocycles. The number of aryl methyl sites for hydroxylation is 2. The molecule has 0 saturated carbocycles. The van der Waals surface area contributed by atoms with E-state index in [1.54, 1.807) is 69.1 Å². The van der Waals surface area contributed by atoms with Crippen LogP contribution in [-0.2, 0) is 35.4 Å². The summed E-state index contributed by atoms with van der Waals surface area (Å²) in [6.07, 6.45) is 13.2. The first kappa shape index (κ1) is 59.6. The molecule has 5 heterocycles. The van der Waals surface area contributed by atoms with Crippen LogP contribution in [0, 0.1) is 0 Å². The second-order valence-corrected chi connectivity index (χ2v) is 21.2. The minimum absolute atomic E-state index is 0.0350. The number of piperidine rings is 2. The highest BCUT2D eigenvalue weighted by Crippen LogP contribution is 2.39. The SMILES string of the molecule is COCCCCc1cc(C(=O)NC2CC3CCC(C2)N3c2ccc(C(=O)NCc3ccccc3)cn2)ccc1C(N)=O.COCCCCc1cc(C(=O)NC2CCN(c3ccc(C(=O)NCc4ccccc4)cn3)CC2)ccc1C(N)=O. The highest BCUT2D eigenvalue weighted by Gasteiger charge is 2.42. The summed E-state index contributed by atoms with van der Waals surface area (Å²) in [6, 6.07) is 37.8. The number of methoxy groups -OCH3 is 2. The van der Waals surface area contributed by atoms with Crippen LogP contribution >= 0.6 is 0 Å². The van der Waals surface area contributed by atoms with Gasteiger partial charge in [0, 0.05) is 112 Å². The average molecular weight is 1110 g/mol. The Morgan fingerprint density at radius 2 is 0.951 bits per heavy atom. The van der Waals surface area contributed by atoms with Crippen LogP contribution in [0.1, 0.15) is 149 Å². The smallest absolute Gasteiger partial charge is 0.253 e. The first-order valence-electron chi connectivity index (χ1n) is 28.4. The number of unbranched alkanes of at least 4 members (excludes halogenated alkanes) is 2. The number of benzene rings is 4. The Bertz CT molecular complexity index is 3090. The summed E-state index contributed by atoms with van der Waals surface area (Å²) in [4.78, 5) is 88.8. The number of nitrogens with two attached hydrogens (primary N) is 2. The third-order valence-electron chi connectivity index (χ3n) is 15.5. The molecule has 3 aliphatic heterocycles. The first-order chi connectivity index (χ1) is 39.9. The third-order valence-corrected chi connectivity index (χ3v) is 15.5. The van der Waals surface area contributed by atoms with Crippen LogP contribution in [0.5, 0.6) is 0 Å². The number of hydrogen-bond acceptors (Lipinski definition) is 12. The molecule has 0 aliphatic carbocycles. The van der Waals surface area contributed by atoms with Crippen LogP contribution in [0.3, 0.4) is 0 Å². The van der Waals surface area contributed by atoms with Crippen LogP contribution in [-0.4, -0.2) is 110 Å². The van der Waals surface area contributed by atoms with Gasteiger partial charge in [-0.3, -0.25) is 28.8 Å². The molecular weight excluding hydrogens is 1040 g/mol. The van der Waals surface area contributed by atoms with Crippen LogP contribution in [0.15, 0.2) is 134 Å². The summed E-state index contributed by atoms with van der Waals surface area (Å²) in [6.45, 7) is 3.71. The van der Waals surface area contributed by atoms with E-state index in [2.05, 4.69) is 41.0 Å². The van der Waals surface area contributed by atoms with Gasteiger partial charge in [-0.1, -0.05) is 60.7 Å². The summed E-state index contributed by atoms with van der Waals surface area (Å²) in [5.41, 5.74) is 17.8. The molecule has 3 fully saturated rings. The third kappa shape index (κ3) is 16.6. The lowest BCUT2D eigenvalue weighted by Crippen LogP contribution is -2.50. The molecule has 18 heteroatoms. The van der Waals surface area contributed by atoms with Gasteiger partial charge in [-0.2, -0.15) is 0 Å². The molecule has 6 aromatic rings. The topological polar surface area (TPSA) is 253 Å². The summed E-state index contributed by atoms with van der Waals surface area (Å²) in [5.74, 6) is 0.104. The lowest BCUT2D eigenvalue weighted by Gasteiger charge is -2.40. The highest BCUT2D eigenvalue weighted by atomic mass is 16.5. The maximum Gasteiger partial charge on any atom is 0.253 e. The number of primary amides is 2. The van der Waals surface area contributed by atoms with Gasteiger partial charge in [0.1, 0.15) is 11.6 Å². The average Bonchev–Trinajstić information content (AvgIpc) is 4.05. The van der Waals surface area contributed by atoms with Crippen molar-refractivity contribution in [3.8, 4) is 0 Å². The van der Waals surface area contributed by atoms with Crippen molar-refractivity contribution in [3.05, 3.63) is 189 Å². The fourth-order valence-corrected chi connectivity index (χ4v) is 11.1. The number of carbonyl (C=O) groups is 6. The number of ether oxygens (including phenoxy) is 2. The van der Waals surface area contributed by atoms with Gasteiger partial charge in [-0.15, -0.1) is 0 Å². The zero-order valence-corrected chi connectivity index (χ0v) is 46.9. The maximum atomic E-state index is 13.2. The largest absolute Gasteiger partial charge is 0.385 e. The molecule has 9 rings (SSSR count). The number of carbonyl (C=O) groups excluding carboxylic acids is 6. The van der Waals surface area contributed by atoms with Gasteiger partial charge in [0.25, 0.3) is 23.6 Å². The molecule has 3 saturated heterocycles. The Kier molecular flexibility index (Phi) is 21.7. The van der Waals surface area contributed by atoms with E-state index in [9.17, 15) is 28.8 Å². The highest BCUT2D eigenvalue weighted by molar-refractivity contribution is 6.00. The lowest BCUT2D eigenvalue weighted by molar-refractivity contribution is 0.0919. The Labute approximate surface area is 480 Å². The second-order valence-electron chi connectivity index (χ2n) is 21.2. The van der Waals surface area contributed by atoms with E-state index in [0.29, 0.717) is 72.5 Å². The van der Waals surface area contributed by atoms with Gasteiger partial charge in [0.15, 0.2) is 0 Å². The predicted octanol–water partition coefficient (Wildman–Crippen LogP) is 7.49. The van der Waals surface area contributed by atoms with E-state index in [1.165, 1.54) is 0 Å². The molecule has 8 N–H and O–H groups in total. The predicted molar refractivity (Wildman–Crippen MR) is 316 cm³/mol. The van der Waals surface area contributed by atoms with Crippen LogP contribution in [0.25, 0.3) is 0 Å².